The average molecular weight is 297 g/mol. The molecule has 5 heteroatoms. The van der Waals surface area contributed by atoms with Crippen LogP contribution in [0.2, 0.25) is 0 Å². The number of halogens is 3. The molecule has 20 heavy (non-hydrogen) atoms. The number of ether oxygens (including phenoxy) is 1. The van der Waals surface area contributed by atoms with Crippen molar-refractivity contribution in [3.05, 3.63) is 0 Å². The SMILES string of the molecule is CC(C)CNCC(CCCOCC(F)(F)F)CC(C)C. The van der Waals surface area contributed by atoms with Crippen LogP contribution < -0.4 is 5.32 Å². The van der Waals surface area contributed by atoms with E-state index in [0.717, 1.165) is 25.9 Å². The van der Waals surface area contributed by atoms with Crippen LogP contribution in [0.3, 0.4) is 0 Å². The minimum atomic E-state index is -4.21. The Balaban J connectivity index is 3.80. The zero-order valence-corrected chi connectivity index (χ0v) is 13.2. The van der Waals surface area contributed by atoms with Crippen LogP contribution in [0.15, 0.2) is 0 Å². The Labute approximate surface area is 121 Å². The van der Waals surface area contributed by atoms with Gasteiger partial charge in [-0.05, 0) is 50.1 Å². The van der Waals surface area contributed by atoms with Gasteiger partial charge in [0.2, 0.25) is 0 Å². The predicted molar refractivity (Wildman–Crippen MR) is 76.8 cm³/mol. The van der Waals surface area contributed by atoms with E-state index in [4.69, 9.17) is 0 Å². The Morgan fingerprint density at radius 1 is 1.00 bits per heavy atom. The predicted octanol–water partition coefficient (Wildman–Crippen LogP) is 4.25. The first kappa shape index (κ1) is 19.7. The first-order valence-electron chi connectivity index (χ1n) is 7.56. The summed E-state index contributed by atoms with van der Waals surface area (Å²) >= 11 is 0. The van der Waals surface area contributed by atoms with E-state index in [1.807, 2.05) is 0 Å². The first-order valence-corrected chi connectivity index (χ1v) is 7.56. The maximum Gasteiger partial charge on any atom is 0.411 e. The van der Waals surface area contributed by atoms with Crippen molar-refractivity contribution >= 4 is 0 Å². The van der Waals surface area contributed by atoms with Gasteiger partial charge in [-0.3, -0.25) is 0 Å². The van der Waals surface area contributed by atoms with Gasteiger partial charge in [-0.2, -0.15) is 13.2 Å². The van der Waals surface area contributed by atoms with Gasteiger partial charge in [0, 0.05) is 6.61 Å². The molecule has 122 valence electrons. The van der Waals surface area contributed by atoms with Crippen molar-refractivity contribution in [2.75, 3.05) is 26.3 Å². The first-order chi connectivity index (χ1) is 9.20. The Hall–Kier alpha value is -0.290. The van der Waals surface area contributed by atoms with E-state index in [0.29, 0.717) is 24.2 Å². The summed E-state index contributed by atoms with van der Waals surface area (Å²) in [5.74, 6) is 1.74. The van der Waals surface area contributed by atoms with Crippen LogP contribution in [-0.2, 0) is 4.74 Å². The number of nitrogens with one attached hydrogen (secondary N) is 1. The lowest BCUT2D eigenvalue weighted by molar-refractivity contribution is -0.174. The molecule has 0 saturated heterocycles. The lowest BCUT2D eigenvalue weighted by atomic mass is 9.93. The highest BCUT2D eigenvalue weighted by atomic mass is 19.4. The molecule has 0 rings (SSSR count). The van der Waals surface area contributed by atoms with E-state index < -0.39 is 12.8 Å². The standard InChI is InChI=1S/C15H30F3NO/c1-12(2)8-14(10-19-9-13(3)4)6-5-7-20-11-15(16,17)18/h12-14,19H,5-11H2,1-4H3. The molecule has 1 unspecified atom stereocenters. The molecule has 1 N–H and O–H groups in total. The second-order valence-corrected chi connectivity index (χ2v) is 6.36. The van der Waals surface area contributed by atoms with Gasteiger partial charge in [-0.25, -0.2) is 0 Å². The summed E-state index contributed by atoms with van der Waals surface area (Å²) in [5, 5.41) is 3.43. The summed E-state index contributed by atoms with van der Waals surface area (Å²) in [6.07, 6.45) is -1.50. The maximum absolute atomic E-state index is 11.9. The molecular formula is C15H30F3NO. The smallest absolute Gasteiger partial charge is 0.372 e. The largest absolute Gasteiger partial charge is 0.411 e. The second-order valence-electron chi connectivity index (χ2n) is 6.36. The monoisotopic (exact) mass is 297 g/mol. The third kappa shape index (κ3) is 14.1. The molecule has 0 fully saturated rings. The molecule has 0 saturated carbocycles. The summed E-state index contributed by atoms with van der Waals surface area (Å²) in [6, 6.07) is 0. The number of rotatable bonds is 11. The van der Waals surface area contributed by atoms with Crippen molar-refractivity contribution in [2.45, 2.75) is 53.1 Å². The molecule has 0 aliphatic rings. The van der Waals surface area contributed by atoms with Crippen molar-refractivity contribution in [3.8, 4) is 0 Å². The highest BCUT2D eigenvalue weighted by molar-refractivity contribution is 4.66. The molecule has 0 aliphatic carbocycles. The van der Waals surface area contributed by atoms with E-state index in [1.165, 1.54) is 0 Å². The average Bonchev–Trinajstić information content (AvgIpc) is 2.25. The molecule has 0 aromatic heterocycles. The summed E-state index contributed by atoms with van der Waals surface area (Å²) in [5.41, 5.74) is 0. The Kier molecular flexibility index (Phi) is 10.3. The zero-order valence-electron chi connectivity index (χ0n) is 13.2. The molecule has 0 aromatic carbocycles. The molecule has 0 spiro atoms. The lowest BCUT2D eigenvalue weighted by Crippen LogP contribution is -2.27. The quantitative estimate of drug-likeness (QED) is 0.576. The summed E-state index contributed by atoms with van der Waals surface area (Å²) < 4.78 is 40.4. The summed E-state index contributed by atoms with van der Waals surface area (Å²) in [6.45, 7) is 9.66. The lowest BCUT2D eigenvalue weighted by Gasteiger charge is -2.20. The molecule has 0 amide bonds. The Morgan fingerprint density at radius 2 is 1.65 bits per heavy atom. The minimum Gasteiger partial charge on any atom is -0.372 e. The number of hydrogen-bond acceptors (Lipinski definition) is 2. The Bertz CT molecular complexity index is 230. The van der Waals surface area contributed by atoms with Crippen LogP contribution in [0.25, 0.3) is 0 Å². The van der Waals surface area contributed by atoms with Gasteiger partial charge in [0.05, 0.1) is 0 Å². The van der Waals surface area contributed by atoms with Gasteiger partial charge in [0.15, 0.2) is 0 Å². The normalized spacial score (nSPS) is 14.2. The molecular weight excluding hydrogens is 267 g/mol. The van der Waals surface area contributed by atoms with Gasteiger partial charge in [0.1, 0.15) is 6.61 Å². The number of alkyl halides is 3. The van der Waals surface area contributed by atoms with Crippen LogP contribution in [0, 0.1) is 17.8 Å². The zero-order chi connectivity index (χ0) is 15.6. The molecule has 2 nitrogen and oxygen atoms in total. The highest BCUT2D eigenvalue weighted by Crippen LogP contribution is 2.18. The van der Waals surface area contributed by atoms with E-state index in [9.17, 15) is 13.2 Å². The van der Waals surface area contributed by atoms with Crippen molar-refractivity contribution < 1.29 is 17.9 Å². The fourth-order valence-corrected chi connectivity index (χ4v) is 2.21. The van der Waals surface area contributed by atoms with Crippen molar-refractivity contribution in [3.63, 3.8) is 0 Å². The van der Waals surface area contributed by atoms with Crippen molar-refractivity contribution in [2.24, 2.45) is 17.8 Å². The Morgan fingerprint density at radius 3 is 2.15 bits per heavy atom. The van der Waals surface area contributed by atoms with E-state index in [2.05, 4.69) is 37.7 Å². The third-order valence-corrected chi connectivity index (χ3v) is 2.96. The van der Waals surface area contributed by atoms with Gasteiger partial charge < -0.3 is 10.1 Å². The number of hydrogen-bond donors (Lipinski definition) is 1. The van der Waals surface area contributed by atoms with Crippen LogP contribution >= 0.6 is 0 Å². The molecule has 0 radical (unpaired) electrons. The van der Waals surface area contributed by atoms with E-state index in [-0.39, 0.29) is 6.61 Å². The molecule has 0 aromatic rings. The van der Waals surface area contributed by atoms with Crippen LogP contribution in [0.1, 0.15) is 47.0 Å². The van der Waals surface area contributed by atoms with Gasteiger partial charge in [-0.1, -0.05) is 27.7 Å². The van der Waals surface area contributed by atoms with Gasteiger partial charge >= 0.3 is 6.18 Å². The topological polar surface area (TPSA) is 21.3 Å². The second kappa shape index (κ2) is 10.4. The summed E-state index contributed by atoms with van der Waals surface area (Å²) in [7, 11) is 0. The van der Waals surface area contributed by atoms with E-state index in [1.54, 1.807) is 0 Å². The van der Waals surface area contributed by atoms with Gasteiger partial charge in [0.25, 0.3) is 0 Å². The molecule has 0 heterocycles. The fourth-order valence-electron chi connectivity index (χ4n) is 2.21. The van der Waals surface area contributed by atoms with Crippen LogP contribution in [-0.4, -0.2) is 32.5 Å². The van der Waals surface area contributed by atoms with Gasteiger partial charge in [-0.15, -0.1) is 0 Å². The molecule has 0 bridgehead atoms. The van der Waals surface area contributed by atoms with E-state index >= 15 is 0 Å². The minimum absolute atomic E-state index is 0.193. The summed E-state index contributed by atoms with van der Waals surface area (Å²) in [4.78, 5) is 0. The molecule has 1 atom stereocenters. The highest BCUT2D eigenvalue weighted by Gasteiger charge is 2.27. The van der Waals surface area contributed by atoms with Crippen LogP contribution in [0.4, 0.5) is 13.2 Å². The van der Waals surface area contributed by atoms with Crippen molar-refractivity contribution in [1.82, 2.24) is 5.32 Å². The fraction of sp³-hybridized carbons (Fsp3) is 1.00. The van der Waals surface area contributed by atoms with Crippen molar-refractivity contribution in [1.29, 1.82) is 0 Å². The molecule has 0 aliphatic heterocycles. The maximum atomic E-state index is 11.9. The third-order valence-electron chi connectivity index (χ3n) is 2.96. The van der Waals surface area contributed by atoms with Crippen LogP contribution in [0.5, 0.6) is 0 Å².